The number of rotatable bonds is 7. The smallest absolute Gasteiger partial charge is 0.226 e. The predicted octanol–water partition coefficient (Wildman–Crippen LogP) is 6.23. The van der Waals surface area contributed by atoms with Crippen LogP contribution in [0.2, 0.25) is 0 Å². The Morgan fingerprint density at radius 1 is 1.06 bits per heavy atom. The maximum atomic E-state index is 13.8. The van der Waals surface area contributed by atoms with Crippen molar-refractivity contribution in [1.82, 2.24) is 15.0 Å². The molecule has 1 fully saturated rings. The monoisotopic (exact) mass is 421 g/mol. The summed E-state index contributed by atoms with van der Waals surface area (Å²) in [6.07, 6.45) is 6.64. The largest absolute Gasteiger partial charge is 0.339 e. The number of aromatic nitrogens is 2. The average molecular weight is 422 g/mol. The van der Waals surface area contributed by atoms with Gasteiger partial charge in [0.05, 0.1) is 0 Å². The van der Waals surface area contributed by atoms with Crippen molar-refractivity contribution in [1.29, 1.82) is 0 Å². The maximum Gasteiger partial charge on any atom is 0.226 e. The van der Waals surface area contributed by atoms with Crippen LogP contribution in [0.3, 0.4) is 0 Å². The van der Waals surface area contributed by atoms with Crippen molar-refractivity contribution in [2.75, 3.05) is 14.1 Å². The lowest BCUT2D eigenvalue weighted by atomic mass is 9.75. The fourth-order valence-electron chi connectivity index (χ4n) is 5.06. The van der Waals surface area contributed by atoms with Gasteiger partial charge in [-0.1, -0.05) is 53.9 Å². The number of hydrogen-bond donors (Lipinski definition) is 0. The van der Waals surface area contributed by atoms with Gasteiger partial charge in [0, 0.05) is 18.0 Å². The van der Waals surface area contributed by atoms with E-state index in [4.69, 9.17) is 4.52 Å². The van der Waals surface area contributed by atoms with E-state index in [0.717, 1.165) is 29.9 Å². The Labute approximate surface area is 184 Å². The zero-order valence-electron chi connectivity index (χ0n) is 18.7. The lowest BCUT2D eigenvalue weighted by molar-refractivity contribution is 0.145. The van der Waals surface area contributed by atoms with E-state index >= 15 is 0 Å². The van der Waals surface area contributed by atoms with Crippen molar-refractivity contribution in [3.05, 3.63) is 71.4 Å². The molecule has 0 aliphatic heterocycles. The first-order valence-corrected chi connectivity index (χ1v) is 11.3. The summed E-state index contributed by atoms with van der Waals surface area (Å²) in [4.78, 5) is 6.84. The molecular formula is C26H32FN3O. The van der Waals surface area contributed by atoms with E-state index in [2.05, 4.69) is 54.3 Å². The Morgan fingerprint density at radius 2 is 1.84 bits per heavy atom. The third kappa shape index (κ3) is 5.40. The van der Waals surface area contributed by atoms with E-state index < -0.39 is 0 Å². The second-order valence-corrected chi connectivity index (χ2v) is 9.16. The summed E-state index contributed by atoms with van der Waals surface area (Å²) in [6.45, 7) is 2.07. The molecule has 1 unspecified atom stereocenters. The molecule has 1 aliphatic carbocycles. The predicted molar refractivity (Wildman–Crippen MR) is 121 cm³/mol. The first-order valence-electron chi connectivity index (χ1n) is 11.3. The SMILES string of the molecule is Cc1cccc(-c2noc(CCC3CCC(C(c4cccc(F)c4)N(C)C)CC3)n2)c1. The van der Waals surface area contributed by atoms with E-state index in [9.17, 15) is 4.39 Å². The lowest BCUT2D eigenvalue weighted by Gasteiger charge is -2.37. The fourth-order valence-corrected chi connectivity index (χ4v) is 5.06. The molecule has 0 bridgehead atoms. The highest BCUT2D eigenvalue weighted by molar-refractivity contribution is 5.55. The summed E-state index contributed by atoms with van der Waals surface area (Å²) < 4.78 is 19.3. The molecule has 5 heteroatoms. The van der Waals surface area contributed by atoms with Gasteiger partial charge in [0.25, 0.3) is 0 Å². The van der Waals surface area contributed by atoms with Gasteiger partial charge < -0.3 is 9.42 Å². The zero-order chi connectivity index (χ0) is 21.8. The third-order valence-electron chi connectivity index (χ3n) is 6.60. The molecule has 0 saturated heterocycles. The quantitative estimate of drug-likeness (QED) is 0.454. The van der Waals surface area contributed by atoms with E-state index in [1.165, 1.54) is 37.3 Å². The van der Waals surface area contributed by atoms with Gasteiger partial charge in [0.15, 0.2) is 0 Å². The van der Waals surface area contributed by atoms with Gasteiger partial charge in [-0.2, -0.15) is 4.98 Å². The van der Waals surface area contributed by atoms with Crippen LogP contribution in [-0.4, -0.2) is 29.1 Å². The topological polar surface area (TPSA) is 42.2 Å². The standard InChI is InChI=1S/C26H32FN3O/c1-18-6-4-8-22(16-18)26-28-24(31-29-26)15-12-19-10-13-20(14-11-19)25(30(2)3)21-7-5-9-23(27)17-21/h4-9,16-17,19-20,25H,10-15H2,1-3H3. The van der Waals surface area contributed by atoms with Crippen LogP contribution in [0.25, 0.3) is 11.4 Å². The molecule has 31 heavy (non-hydrogen) atoms. The number of nitrogens with zero attached hydrogens (tertiary/aromatic N) is 3. The highest BCUT2D eigenvalue weighted by Gasteiger charge is 2.30. The maximum absolute atomic E-state index is 13.8. The van der Waals surface area contributed by atoms with Crippen molar-refractivity contribution in [2.24, 2.45) is 11.8 Å². The number of halogens is 1. The molecule has 4 rings (SSSR count). The number of hydrogen-bond acceptors (Lipinski definition) is 4. The van der Waals surface area contributed by atoms with Gasteiger partial charge in [0.2, 0.25) is 11.7 Å². The summed E-state index contributed by atoms with van der Waals surface area (Å²) in [7, 11) is 4.20. The van der Waals surface area contributed by atoms with Crippen molar-refractivity contribution < 1.29 is 8.91 Å². The molecule has 0 radical (unpaired) electrons. The van der Waals surface area contributed by atoms with Crippen molar-refractivity contribution in [3.8, 4) is 11.4 Å². The molecule has 0 amide bonds. The van der Waals surface area contributed by atoms with Crippen LogP contribution in [0.4, 0.5) is 4.39 Å². The van der Waals surface area contributed by atoms with Gasteiger partial charge in [-0.05, 0) is 75.9 Å². The van der Waals surface area contributed by atoms with Crippen LogP contribution in [0.1, 0.15) is 55.2 Å². The highest BCUT2D eigenvalue weighted by Crippen LogP contribution is 2.40. The molecule has 1 aromatic heterocycles. The molecule has 3 aromatic rings. The first-order chi connectivity index (χ1) is 15.0. The van der Waals surface area contributed by atoms with Crippen LogP contribution in [-0.2, 0) is 6.42 Å². The molecule has 164 valence electrons. The minimum Gasteiger partial charge on any atom is -0.339 e. The Hall–Kier alpha value is -2.53. The second-order valence-electron chi connectivity index (χ2n) is 9.16. The van der Waals surface area contributed by atoms with Crippen LogP contribution in [0.15, 0.2) is 53.1 Å². The van der Waals surface area contributed by atoms with E-state index in [1.807, 2.05) is 18.2 Å². The summed E-state index contributed by atoms with van der Waals surface area (Å²) >= 11 is 0. The van der Waals surface area contributed by atoms with Gasteiger partial charge in [-0.15, -0.1) is 0 Å². The Bertz CT molecular complexity index is 992. The van der Waals surface area contributed by atoms with Gasteiger partial charge in [-0.25, -0.2) is 4.39 Å². The molecule has 4 nitrogen and oxygen atoms in total. The summed E-state index contributed by atoms with van der Waals surface area (Å²) in [5.41, 5.74) is 3.28. The van der Waals surface area contributed by atoms with Crippen LogP contribution < -0.4 is 0 Å². The molecule has 2 aromatic carbocycles. The van der Waals surface area contributed by atoms with E-state index in [-0.39, 0.29) is 11.9 Å². The van der Waals surface area contributed by atoms with Gasteiger partial charge in [-0.3, -0.25) is 0 Å². The molecule has 1 aliphatic rings. The Morgan fingerprint density at radius 3 is 2.55 bits per heavy atom. The minimum absolute atomic E-state index is 0.150. The Balaban J connectivity index is 1.31. The molecule has 0 N–H and O–H groups in total. The van der Waals surface area contributed by atoms with Crippen LogP contribution in [0, 0.1) is 24.6 Å². The van der Waals surface area contributed by atoms with Crippen molar-refractivity contribution in [2.45, 2.75) is 51.5 Å². The lowest BCUT2D eigenvalue weighted by Crippen LogP contribution is -2.30. The van der Waals surface area contributed by atoms with E-state index in [0.29, 0.717) is 17.7 Å². The zero-order valence-corrected chi connectivity index (χ0v) is 18.7. The minimum atomic E-state index is -0.150. The van der Waals surface area contributed by atoms with Crippen molar-refractivity contribution >= 4 is 0 Å². The van der Waals surface area contributed by atoms with Crippen molar-refractivity contribution in [3.63, 3.8) is 0 Å². The molecule has 0 spiro atoms. The molecule has 1 saturated carbocycles. The van der Waals surface area contributed by atoms with Gasteiger partial charge >= 0.3 is 0 Å². The second kappa shape index (κ2) is 9.73. The Kier molecular flexibility index (Phi) is 6.81. The third-order valence-corrected chi connectivity index (χ3v) is 6.60. The number of aryl methyl sites for hydroxylation is 2. The summed E-state index contributed by atoms with van der Waals surface area (Å²) in [5, 5.41) is 4.16. The number of benzene rings is 2. The normalized spacial score (nSPS) is 20.2. The van der Waals surface area contributed by atoms with Crippen LogP contribution in [0.5, 0.6) is 0 Å². The fraction of sp³-hybridized carbons (Fsp3) is 0.462. The summed E-state index contributed by atoms with van der Waals surface area (Å²) in [6, 6.07) is 15.5. The highest BCUT2D eigenvalue weighted by atomic mass is 19.1. The van der Waals surface area contributed by atoms with E-state index in [1.54, 1.807) is 6.07 Å². The van der Waals surface area contributed by atoms with Gasteiger partial charge in [0.1, 0.15) is 5.82 Å². The van der Waals surface area contributed by atoms with Crippen LogP contribution >= 0.6 is 0 Å². The first kappa shape index (κ1) is 21.7. The molecular weight excluding hydrogens is 389 g/mol. The average Bonchev–Trinajstić information content (AvgIpc) is 3.22. The summed E-state index contributed by atoms with van der Waals surface area (Å²) in [5.74, 6) is 2.49. The molecule has 1 heterocycles. The molecule has 1 atom stereocenters.